The van der Waals surface area contributed by atoms with E-state index in [-0.39, 0.29) is 60.8 Å². The Kier molecular flexibility index (Phi) is 16.4. The number of carbonyl (C=O) groups is 3. The van der Waals surface area contributed by atoms with Gasteiger partial charge in [0.05, 0.1) is 41.4 Å². The summed E-state index contributed by atoms with van der Waals surface area (Å²) >= 11 is 0. The van der Waals surface area contributed by atoms with Gasteiger partial charge in [0.25, 0.3) is 5.91 Å². The monoisotopic (exact) mass is 1060 g/mol. The summed E-state index contributed by atoms with van der Waals surface area (Å²) in [5, 5.41) is 49.8. The van der Waals surface area contributed by atoms with Gasteiger partial charge in [-0.3, -0.25) is 24.3 Å². The highest BCUT2D eigenvalue weighted by atomic mass is 16.7. The molecule has 410 valence electrons. The highest BCUT2D eigenvalue weighted by Crippen LogP contribution is 2.42. The Bertz CT molecular complexity index is 3370. The quantitative estimate of drug-likeness (QED) is 0.0779. The maximum Gasteiger partial charge on any atom is 0.359 e. The second-order valence-electron chi connectivity index (χ2n) is 20.8. The topological polar surface area (TPSA) is 283 Å². The molecule has 21 nitrogen and oxygen atoms in total. The van der Waals surface area contributed by atoms with Gasteiger partial charge in [0, 0.05) is 117 Å². The number of hydrogen-bond acceptors (Lipinski definition) is 20. The van der Waals surface area contributed by atoms with E-state index in [2.05, 4.69) is 38.9 Å². The second kappa shape index (κ2) is 22.6. The van der Waals surface area contributed by atoms with Crippen LogP contribution in [0.15, 0.2) is 80.9 Å². The summed E-state index contributed by atoms with van der Waals surface area (Å²) in [5.74, 6) is -8.60. The molecule has 5 bridgehead atoms. The number of rotatable bonds is 8. The predicted molar refractivity (Wildman–Crippen MR) is 285 cm³/mol. The molecule has 1 saturated heterocycles. The number of piperazine rings is 1. The maximum atomic E-state index is 15.0. The highest BCUT2D eigenvalue weighted by Gasteiger charge is 2.44. The molecule has 3 aromatic carbocycles. The van der Waals surface area contributed by atoms with Crippen molar-refractivity contribution in [2.45, 2.75) is 92.5 Å². The van der Waals surface area contributed by atoms with Crippen LogP contribution < -0.4 is 31.0 Å². The predicted octanol–water partition coefficient (Wildman–Crippen LogP) is 4.97. The van der Waals surface area contributed by atoms with Crippen LogP contribution in [0.25, 0.3) is 38.7 Å². The minimum atomic E-state index is -2.06. The number of aliphatic hydroxyl groups is 3. The van der Waals surface area contributed by atoms with Gasteiger partial charge in [-0.1, -0.05) is 59.8 Å². The number of hydrogen-bond donors (Lipinski definition) is 5. The van der Waals surface area contributed by atoms with Crippen molar-refractivity contribution in [3.05, 3.63) is 104 Å². The van der Waals surface area contributed by atoms with Crippen LogP contribution in [0, 0.1) is 36.5 Å². The van der Waals surface area contributed by atoms with Crippen molar-refractivity contribution in [3.63, 3.8) is 0 Å². The zero-order valence-electron chi connectivity index (χ0n) is 44.7. The molecule has 4 aliphatic rings. The largest absolute Gasteiger partial charge is 0.507 e. The first kappa shape index (κ1) is 55.8. The number of carbonyl (C=O) groups excluding carboxylic acids is 3. The molecule has 5 N–H and O–H groups in total. The summed E-state index contributed by atoms with van der Waals surface area (Å²) in [5.41, 5.74) is -1.79. The zero-order chi connectivity index (χ0) is 55.8. The number of amides is 1. The van der Waals surface area contributed by atoms with Crippen LogP contribution in [0.2, 0.25) is 0 Å². The van der Waals surface area contributed by atoms with E-state index in [0.29, 0.717) is 24.7 Å². The van der Waals surface area contributed by atoms with Gasteiger partial charge >= 0.3 is 17.7 Å². The molecule has 0 radical (unpaired) electrons. The van der Waals surface area contributed by atoms with Gasteiger partial charge in [0.1, 0.15) is 28.8 Å². The molecule has 0 spiro atoms. The van der Waals surface area contributed by atoms with E-state index in [0.717, 1.165) is 19.6 Å². The van der Waals surface area contributed by atoms with Crippen molar-refractivity contribution in [1.82, 2.24) is 19.9 Å². The Morgan fingerprint density at radius 2 is 1.66 bits per heavy atom. The van der Waals surface area contributed by atoms with Gasteiger partial charge in [0.15, 0.2) is 34.7 Å². The number of phenolic OH excluding ortho intramolecular Hbond substituents is 1. The van der Waals surface area contributed by atoms with E-state index < -0.39 is 106 Å². The number of fused-ring (bicyclic) bond motifs is 14. The lowest BCUT2D eigenvalue weighted by Gasteiger charge is -2.38. The van der Waals surface area contributed by atoms with E-state index in [1.807, 2.05) is 0 Å². The van der Waals surface area contributed by atoms with Crippen molar-refractivity contribution >= 4 is 68.0 Å². The van der Waals surface area contributed by atoms with Gasteiger partial charge in [-0.2, -0.15) is 0 Å². The molecule has 0 aliphatic carbocycles. The summed E-state index contributed by atoms with van der Waals surface area (Å²) in [7, 11) is 1.39. The van der Waals surface area contributed by atoms with E-state index in [9.17, 15) is 44.4 Å². The fourth-order valence-corrected chi connectivity index (χ4v) is 10.4. The van der Waals surface area contributed by atoms with Gasteiger partial charge in [-0.25, -0.2) is 19.6 Å². The van der Waals surface area contributed by atoms with Crippen LogP contribution in [0.1, 0.15) is 71.4 Å². The standard InChI is InChI=1S/C56H66N6O15/c1-27(2)25-61-17-19-62(20-18-61)34-22-36(63)43-38(23-34)75-52-44(59-43)40-41-48(67)33(8)51-42(40)53(69)56(9,77-51)74-21-14-37(72-10)30(5)50(76-39(64)26-73-55(71)35-24-57-15-16-58-35)32(7)47(66)31(6)46(65)28(3)12-11-13-29(4)54(70)60-45(52)49(41)68/h11-16,21-24,27-28,30-32,37,46-47,50,65-67,69H,17-20,25-26H2,1-10H3,(H,60,70)/b12-11+,21-14+,29-13-. The summed E-state index contributed by atoms with van der Waals surface area (Å²) in [4.78, 5) is 86.4. The van der Waals surface area contributed by atoms with E-state index >= 15 is 0 Å². The summed E-state index contributed by atoms with van der Waals surface area (Å²) in [6.45, 7) is 18.2. The Morgan fingerprint density at radius 3 is 2.34 bits per heavy atom. The lowest BCUT2D eigenvalue weighted by atomic mass is 9.78. The molecule has 9 atom stereocenters. The normalized spacial score (nSPS) is 27.3. The molecule has 1 amide bonds. The summed E-state index contributed by atoms with van der Waals surface area (Å²) < 4.78 is 36.0. The average Bonchev–Trinajstić information content (AvgIpc) is 3.84. The fraction of sp³-hybridized carbons (Fsp3) is 0.464. The van der Waals surface area contributed by atoms with Crippen LogP contribution in [-0.4, -0.2) is 135 Å². The molecular weight excluding hydrogens is 997 g/mol. The van der Waals surface area contributed by atoms with Gasteiger partial charge in [0.2, 0.25) is 10.9 Å². The van der Waals surface area contributed by atoms with Crippen LogP contribution in [0.3, 0.4) is 0 Å². The number of allylic oxidation sites excluding steroid dienone is 2. The molecule has 2 aromatic heterocycles. The lowest BCUT2D eigenvalue weighted by molar-refractivity contribution is -0.166. The summed E-state index contributed by atoms with van der Waals surface area (Å²) in [6, 6.07) is 3.12. The zero-order valence-corrected chi connectivity index (χ0v) is 44.7. The number of esters is 2. The number of methoxy groups -OCH3 is 1. The molecule has 77 heavy (non-hydrogen) atoms. The SMILES string of the molecule is COC1/C=C/OC2(C)Oc3c(C)c(O)c4c(=O)c(c5oc6cc(N7CCN(CC(C)C)CC7)cc(=O)c6nc5c4c3=C2O)NC(=O)/C(C)=C\C=C\C(C)C(O)C(C)C(O)C(C)C(OC(=O)COC(=O)c2cnccn2)C1C. The number of aromatic nitrogens is 3. The van der Waals surface area contributed by atoms with Crippen LogP contribution in [-0.2, 0) is 28.5 Å². The fourth-order valence-electron chi connectivity index (χ4n) is 10.4. The van der Waals surface area contributed by atoms with Crippen molar-refractivity contribution < 1.29 is 62.9 Å². The van der Waals surface area contributed by atoms with E-state index in [1.54, 1.807) is 45.9 Å². The number of aromatic hydroxyl groups is 1. The van der Waals surface area contributed by atoms with Crippen molar-refractivity contribution in [2.75, 3.05) is 56.7 Å². The summed E-state index contributed by atoms with van der Waals surface area (Å²) in [6.07, 6.45) is 6.48. The molecule has 6 heterocycles. The average molecular weight is 1060 g/mol. The molecule has 9 unspecified atom stereocenters. The van der Waals surface area contributed by atoms with Crippen LogP contribution in [0.5, 0.6) is 11.5 Å². The number of benzene rings is 3. The Balaban J connectivity index is 1.26. The molecular formula is C56H66N6O15. The van der Waals surface area contributed by atoms with E-state index in [4.69, 9.17) is 33.1 Å². The van der Waals surface area contributed by atoms with Crippen LogP contribution >= 0.6 is 0 Å². The molecule has 21 heteroatoms. The Hall–Kier alpha value is -7.46. The minimum absolute atomic E-state index is 0.0139. The number of nitrogens with zero attached hydrogens (tertiary/aromatic N) is 5. The number of anilines is 2. The maximum absolute atomic E-state index is 15.0. The first-order valence-corrected chi connectivity index (χ1v) is 25.6. The number of nitrogens with one attached hydrogen (secondary N) is 1. The van der Waals surface area contributed by atoms with Crippen molar-refractivity contribution in [2.24, 2.45) is 29.6 Å². The second-order valence-corrected chi connectivity index (χ2v) is 20.8. The third-order valence-corrected chi connectivity index (χ3v) is 14.8. The number of ether oxygens (including phenoxy) is 5. The highest BCUT2D eigenvalue weighted by molar-refractivity contribution is 6.17. The molecule has 1 fully saturated rings. The third-order valence-electron chi connectivity index (χ3n) is 14.8. The van der Waals surface area contributed by atoms with Gasteiger partial charge in [-0.05, 0) is 25.8 Å². The first-order valence-electron chi connectivity index (χ1n) is 25.6. The minimum Gasteiger partial charge on any atom is -0.507 e. The molecule has 4 aliphatic heterocycles. The smallest absolute Gasteiger partial charge is 0.359 e. The van der Waals surface area contributed by atoms with Gasteiger partial charge in [-0.15, -0.1) is 0 Å². The molecule has 0 saturated carbocycles. The number of aliphatic hydroxyl groups excluding tert-OH is 3. The van der Waals surface area contributed by atoms with Crippen molar-refractivity contribution in [1.29, 1.82) is 0 Å². The first-order chi connectivity index (χ1) is 36.5. The Morgan fingerprint density at radius 1 is 0.935 bits per heavy atom. The van der Waals surface area contributed by atoms with Crippen molar-refractivity contribution in [3.8, 4) is 11.5 Å². The lowest BCUT2D eigenvalue weighted by Crippen LogP contribution is -2.47. The van der Waals surface area contributed by atoms with Gasteiger partial charge < -0.3 is 58.7 Å². The third kappa shape index (κ3) is 11.1. The Labute approximate surface area is 443 Å². The van der Waals surface area contributed by atoms with Crippen LogP contribution in [0.4, 0.5) is 11.4 Å². The van der Waals surface area contributed by atoms with E-state index in [1.165, 1.54) is 71.0 Å². The number of phenols is 1. The molecule has 9 rings (SSSR count). The molecule has 5 aromatic rings.